The molecule has 2 aromatic heterocycles. The third-order valence-corrected chi connectivity index (χ3v) is 3.59. The van der Waals surface area contributed by atoms with Gasteiger partial charge in [-0.3, -0.25) is 4.98 Å². The predicted octanol–water partition coefficient (Wildman–Crippen LogP) is 4.79. The van der Waals surface area contributed by atoms with Crippen LogP contribution in [0.4, 0.5) is 36.2 Å². The van der Waals surface area contributed by atoms with Crippen LogP contribution < -0.4 is 11.5 Å². The van der Waals surface area contributed by atoms with Gasteiger partial charge in [0.25, 0.3) is 0 Å². The first kappa shape index (κ1) is 18.5. The van der Waals surface area contributed by atoms with Gasteiger partial charge in [-0.05, 0) is 30.3 Å². The number of nitrogen functional groups attached to an aromatic ring is 2. The highest BCUT2D eigenvalue weighted by atomic mass is 35.5. The summed E-state index contributed by atoms with van der Waals surface area (Å²) in [6.45, 7) is 0. The zero-order valence-electron chi connectivity index (χ0n) is 13.4. The predicted molar refractivity (Wildman–Crippen MR) is 94.7 cm³/mol. The SMILES string of the molecule is Nc1nc(-c2ccccn2)nc(N)c1/N=N/c1ccc(Cl)cc1C(F)(F)F. The molecule has 0 amide bonds. The summed E-state index contributed by atoms with van der Waals surface area (Å²) in [5, 5.41) is 7.22. The summed E-state index contributed by atoms with van der Waals surface area (Å²) in [7, 11) is 0. The molecule has 138 valence electrons. The van der Waals surface area contributed by atoms with Gasteiger partial charge in [-0.15, -0.1) is 10.2 Å². The van der Waals surface area contributed by atoms with E-state index in [0.717, 1.165) is 12.1 Å². The summed E-state index contributed by atoms with van der Waals surface area (Å²) >= 11 is 5.63. The Bertz CT molecular complexity index is 984. The smallest absolute Gasteiger partial charge is 0.382 e. The van der Waals surface area contributed by atoms with E-state index in [1.54, 1.807) is 18.2 Å². The first-order valence-corrected chi connectivity index (χ1v) is 7.76. The molecule has 7 nitrogen and oxygen atoms in total. The number of hydrogen-bond acceptors (Lipinski definition) is 7. The molecule has 0 aliphatic heterocycles. The van der Waals surface area contributed by atoms with E-state index in [9.17, 15) is 13.2 Å². The summed E-state index contributed by atoms with van der Waals surface area (Å²) in [4.78, 5) is 12.1. The number of hydrogen-bond donors (Lipinski definition) is 2. The fourth-order valence-corrected chi connectivity index (χ4v) is 2.30. The molecule has 1 aromatic carbocycles. The van der Waals surface area contributed by atoms with Crippen molar-refractivity contribution in [3.8, 4) is 11.5 Å². The summed E-state index contributed by atoms with van der Waals surface area (Å²) in [6.07, 6.45) is -3.12. The first-order chi connectivity index (χ1) is 12.8. The van der Waals surface area contributed by atoms with E-state index in [1.807, 2.05) is 0 Å². The fourth-order valence-electron chi connectivity index (χ4n) is 2.13. The van der Waals surface area contributed by atoms with E-state index < -0.39 is 17.4 Å². The number of nitrogens with zero attached hydrogens (tertiary/aromatic N) is 5. The van der Waals surface area contributed by atoms with Crippen LogP contribution in [0, 0.1) is 0 Å². The zero-order valence-corrected chi connectivity index (χ0v) is 14.2. The van der Waals surface area contributed by atoms with Crippen molar-refractivity contribution in [3.05, 3.63) is 53.2 Å². The Hall–Kier alpha value is -3.27. The van der Waals surface area contributed by atoms with Crippen molar-refractivity contribution in [1.29, 1.82) is 0 Å². The van der Waals surface area contributed by atoms with Gasteiger partial charge in [0.1, 0.15) is 5.69 Å². The highest BCUT2D eigenvalue weighted by Crippen LogP contribution is 2.39. The molecule has 2 heterocycles. The van der Waals surface area contributed by atoms with Gasteiger partial charge in [0.2, 0.25) is 0 Å². The van der Waals surface area contributed by atoms with Crippen molar-refractivity contribution in [1.82, 2.24) is 15.0 Å². The molecule has 3 aromatic rings. The number of nitrogens with two attached hydrogens (primary N) is 2. The van der Waals surface area contributed by atoms with E-state index in [4.69, 9.17) is 23.1 Å². The van der Waals surface area contributed by atoms with Crippen LogP contribution in [0.2, 0.25) is 5.02 Å². The van der Waals surface area contributed by atoms with Crippen LogP contribution in [-0.2, 0) is 6.18 Å². The van der Waals surface area contributed by atoms with Crippen LogP contribution in [0.3, 0.4) is 0 Å². The van der Waals surface area contributed by atoms with Crippen molar-refractivity contribution in [2.24, 2.45) is 10.2 Å². The topological polar surface area (TPSA) is 115 Å². The van der Waals surface area contributed by atoms with Crippen LogP contribution in [0.25, 0.3) is 11.5 Å². The average Bonchev–Trinajstić information content (AvgIpc) is 2.62. The van der Waals surface area contributed by atoms with Crippen LogP contribution in [0.5, 0.6) is 0 Å². The molecule has 0 aliphatic carbocycles. The lowest BCUT2D eigenvalue weighted by atomic mass is 10.2. The second-order valence-electron chi connectivity index (χ2n) is 5.24. The third kappa shape index (κ3) is 4.11. The molecular formula is C16H11ClF3N7. The van der Waals surface area contributed by atoms with Gasteiger partial charge in [0, 0.05) is 11.2 Å². The van der Waals surface area contributed by atoms with Gasteiger partial charge in [-0.25, -0.2) is 9.97 Å². The third-order valence-electron chi connectivity index (χ3n) is 3.35. The Kier molecular flexibility index (Phi) is 4.91. The molecule has 27 heavy (non-hydrogen) atoms. The number of azo groups is 1. The highest BCUT2D eigenvalue weighted by Gasteiger charge is 2.34. The molecule has 3 rings (SSSR count). The Labute approximate surface area is 155 Å². The average molecular weight is 394 g/mol. The number of benzene rings is 1. The molecule has 0 bridgehead atoms. The second-order valence-corrected chi connectivity index (χ2v) is 5.68. The molecule has 0 spiro atoms. The van der Waals surface area contributed by atoms with Crippen LogP contribution in [-0.4, -0.2) is 15.0 Å². The lowest BCUT2D eigenvalue weighted by Gasteiger charge is -2.10. The minimum Gasteiger partial charge on any atom is -0.382 e. The van der Waals surface area contributed by atoms with Crippen LogP contribution in [0.1, 0.15) is 5.56 Å². The Balaban J connectivity index is 2.00. The maximum absolute atomic E-state index is 13.1. The van der Waals surface area contributed by atoms with E-state index in [0.29, 0.717) is 5.69 Å². The monoisotopic (exact) mass is 393 g/mol. The van der Waals surface area contributed by atoms with Gasteiger partial charge in [-0.2, -0.15) is 13.2 Å². The molecule has 0 aliphatic rings. The lowest BCUT2D eigenvalue weighted by molar-refractivity contribution is -0.137. The van der Waals surface area contributed by atoms with E-state index in [2.05, 4.69) is 25.2 Å². The quantitative estimate of drug-likeness (QED) is 0.620. The molecule has 11 heteroatoms. The van der Waals surface area contributed by atoms with E-state index >= 15 is 0 Å². The normalized spacial score (nSPS) is 11.9. The first-order valence-electron chi connectivity index (χ1n) is 7.38. The number of rotatable bonds is 3. The Morgan fingerprint density at radius 3 is 2.26 bits per heavy atom. The molecule has 0 atom stereocenters. The zero-order chi connectivity index (χ0) is 19.6. The van der Waals surface area contributed by atoms with Gasteiger partial charge in [0.05, 0.1) is 11.3 Å². The summed E-state index contributed by atoms with van der Waals surface area (Å²) in [5.41, 5.74) is 10.4. The second kappa shape index (κ2) is 7.16. The molecule has 0 fully saturated rings. The maximum Gasteiger partial charge on any atom is 0.418 e. The molecule has 0 saturated carbocycles. The standard InChI is InChI=1S/C16H11ClF3N7/c17-8-4-5-10(9(7-8)16(18,19)20)26-27-12-13(21)24-15(25-14(12)22)11-3-1-2-6-23-11/h1-7H,(H4,21,22,24,25)/b27-26+. The summed E-state index contributed by atoms with van der Waals surface area (Å²) in [5.74, 6) is -0.129. The molecule has 0 radical (unpaired) electrons. The Morgan fingerprint density at radius 2 is 1.67 bits per heavy atom. The number of pyridine rings is 1. The van der Waals surface area contributed by atoms with Gasteiger partial charge < -0.3 is 11.5 Å². The van der Waals surface area contributed by atoms with Gasteiger partial charge in [0.15, 0.2) is 23.1 Å². The molecule has 0 unspecified atom stereocenters. The summed E-state index contributed by atoms with van der Waals surface area (Å²) < 4.78 is 39.3. The van der Waals surface area contributed by atoms with E-state index in [-0.39, 0.29) is 28.2 Å². The highest BCUT2D eigenvalue weighted by molar-refractivity contribution is 6.30. The van der Waals surface area contributed by atoms with Crippen molar-refractivity contribution in [3.63, 3.8) is 0 Å². The minimum atomic E-state index is -4.66. The fraction of sp³-hybridized carbons (Fsp3) is 0.0625. The minimum absolute atomic E-state index is 0.0802. The molecular weight excluding hydrogens is 383 g/mol. The number of anilines is 2. The van der Waals surface area contributed by atoms with Gasteiger partial charge in [-0.1, -0.05) is 17.7 Å². The number of aromatic nitrogens is 3. The van der Waals surface area contributed by atoms with Gasteiger partial charge >= 0.3 is 6.18 Å². The lowest BCUT2D eigenvalue weighted by Crippen LogP contribution is -2.05. The van der Waals surface area contributed by atoms with Crippen molar-refractivity contribution < 1.29 is 13.2 Å². The largest absolute Gasteiger partial charge is 0.418 e. The molecule has 0 saturated heterocycles. The maximum atomic E-state index is 13.1. The summed E-state index contributed by atoms with van der Waals surface area (Å²) in [6, 6.07) is 8.19. The number of halogens is 4. The molecule has 4 N–H and O–H groups in total. The van der Waals surface area contributed by atoms with Crippen molar-refractivity contribution >= 4 is 34.6 Å². The van der Waals surface area contributed by atoms with Crippen LogP contribution >= 0.6 is 11.6 Å². The Morgan fingerprint density at radius 1 is 0.963 bits per heavy atom. The number of alkyl halides is 3. The van der Waals surface area contributed by atoms with Crippen LogP contribution in [0.15, 0.2) is 52.8 Å². The van der Waals surface area contributed by atoms with E-state index in [1.165, 1.54) is 12.3 Å². The van der Waals surface area contributed by atoms with Crippen molar-refractivity contribution in [2.45, 2.75) is 6.18 Å². The van der Waals surface area contributed by atoms with Crippen molar-refractivity contribution in [2.75, 3.05) is 11.5 Å².